The van der Waals surface area contributed by atoms with Gasteiger partial charge >= 0.3 is 0 Å². The minimum absolute atomic E-state index is 0.447. The zero-order chi connectivity index (χ0) is 13.2. The Labute approximate surface area is 119 Å². The summed E-state index contributed by atoms with van der Waals surface area (Å²) in [6.45, 7) is 1.99. The van der Waals surface area contributed by atoms with Gasteiger partial charge in [-0.15, -0.1) is 10.2 Å². The molecule has 0 spiro atoms. The molecule has 3 rings (SSSR count). The van der Waals surface area contributed by atoms with Crippen molar-refractivity contribution < 1.29 is 0 Å². The summed E-state index contributed by atoms with van der Waals surface area (Å²) in [7, 11) is 0. The standard InChI is InChI=1S/C12H10ClN5S/c1-2-9-14-8(13)7-11(15-9)19-12-17-16-10-5-3-4-6-18(10)12/h3-7H,2H2,1H3. The lowest BCUT2D eigenvalue weighted by Gasteiger charge is -2.02. The maximum absolute atomic E-state index is 5.98. The highest BCUT2D eigenvalue weighted by Crippen LogP contribution is 2.26. The Balaban J connectivity index is 1.99. The first kappa shape index (κ1) is 12.4. The van der Waals surface area contributed by atoms with Crippen molar-refractivity contribution in [1.29, 1.82) is 0 Å². The van der Waals surface area contributed by atoms with Gasteiger partial charge in [0, 0.05) is 18.7 Å². The van der Waals surface area contributed by atoms with E-state index in [1.807, 2.05) is 35.7 Å². The van der Waals surface area contributed by atoms with Crippen LogP contribution in [0.5, 0.6) is 0 Å². The maximum Gasteiger partial charge on any atom is 0.201 e. The van der Waals surface area contributed by atoms with Crippen molar-refractivity contribution in [3.8, 4) is 0 Å². The van der Waals surface area contributed by atoms with E-state index in [0.29, 0.717) is 5.15 Å². The van der Waals surface area contributed by atoms with Crippen LogP contribution in [-0.4, -0.2) is 24.6 Å². The first-order valence-electron chi connectivity index (χ1n) is 5.77. The van der Waals surface area contributed by atoms with Crippen molar-refractivity contribution in [2.24, 2.45) is 0 Å². The van der Waals surface area contributed by atoms with Gasteiger partial charge in [-0.25, -0.2) is 9.97 Å². The van der Waals surface area contributed by atoms with E-state index in [4.69, 9.17) is 11.6 Å². The largest absolute Gasteiger partial charge is 0.277 e. The maximum atomic E-state index is 5.98. The van der Waals surface area contributed by atoms with Gasteiger partial charge in [0.1, 0.15) is 16.0 Å². The number of aryl methyl sites for hydroxylation is 1. The predicted molar refractivity (Wildman–Crippen MR) is 73.5 cm³/mol. The molecule has 0 fully saturated rings. The lowest BCUT2D eigenvalue weighted by Crippen LogP contribution is -1.95. The van der Waals surface area contributed by atoms with Crippen LogP contribution in [0.25, 0.3) is 5.65 Å². The second-order valence-electron chi connectivity index (χ2n) is 3.81. The Morgan fingerprint density at radius 2 is 2.16 bits per heavy atom. The Hall–Kier alpha value is -1.66. The number of hydrogen-bond donors (Lipinski definition) is 0. The normalized spacial score (nSPS) is 11.1. The number of rotatable bonds is 3. The van der Waals surface area contributed by atoms with Crippen molar-refractivity contribution in [1.82, 2.24) is 24.6 Å². The highest BCUT2D eigenvalue weighted by Gasteiger charge is 2.09. The molecule has 0 aliphatic rings. The summed E-state index contributed by atoms with van der Waals surface area (Å²) in [5, 5.41) is 10.2. The Bertz CT molecular complexity index is 727. The van der Waals surface area contributed by atoms with Gasteiger partial charge in [-0.2, -0.15) is 0 Å². The third kappa shape index (κ3) is 2.54. The quantitative estimate of drug-likeness (QED) is 0.695. The molecule has 0 saturated heterocycles. The van der Waals surface area contributed by atoms with Crippen molar-refractivity contribution in [2.45, 2.75) is 23.5 Å². The van der Waals surface area contributed by atoms with Crippen LogP contribution in [0.2, 0.25) is 5.15 Å². The minimum atomic E-state index is 0.447. The van der Waals surface area contributed by atoms with E-state index in [1.165, 1.54) is 11.8 Å². The molecule has 3 heterocycles. The predicted octanol–water partition coefficient (Wildman–Crippen LogP) is 2.89. The van der Waals surface area contributed by atoms with Crippen LogP contribution in [-0.2, 0) is 6.42 Å². The topological polar surface area (TPSA) is 56.0 Å². The molecular formula is C12H10ClN5S. The molecule has 0 N–H and O–H groups in total. The van der Waals surface area contributed by atoms with Crippen molar-refractivity contribution in [2.75, 3.05) is 0 Å². The summed E-state index contributed by atoms with van der Waals surface area (Å²) in [6, 6.07) is 7.50. The summed E-state index contributed by atoms with van der Waals surface area (Å²) in [5.74, 6) is 0.726. The number of hydrogen-bond acceptors (Lipinski definition) is 5. The van der Waals surface area contributed by atoms with Gasteiger partial charge in [-0.05, 0) is 23.9 Å². The molecule has 0 bridgehead atoms. The van der Waals surface area contributed by atoms with Crippen LogP contribution in [0.3, 0.4) is 0 Å². The Morgan fingerprint density at radius 3 is 3.00 bits per heavy atom. The molecule has 7 heteroatoms. The number of aromatic nitrogens is 5. The van der Waals surface area contributed by atoms with Crippen LogP contribution in [0.4, 0.5) is 0 Å². The van der Waals surface area contributed by atoms with Gasteiger partial charge < -0.3 is 0 Å². The highest BCUT2D eigenvalue weighted by molar-refractivity contribution is 7.99. The lowest BCUT2D eigenvalue weighted by atomic mass is 10.4. The van der Waals surface area contributed by atoms with Crippen LogP contribution >= 0.6 is 23.4 Å². The van der Waals surface area contributed by atoms with E-state index in [9.17, 15) is 0 Å². The van der Waals surface area contributed by atoms with Crippen LogP contribution in [0.15, 0.2) is 40.6 Å². The smallest absolute Gasteiger partial charge is 0.201 e. The molecule has 0 unspecified atom stereocenters. The molecule has 0 amide bonds. The fraction of sp³-hybridized carbons (Fsp3) is 0.167. The van der Waals surface area contributed by atoms with Gasteiger partial charge in [-0.3, -0.25) is 4.40 Å². The summed E-state index contributed by atoms with van der Waals surface area (Å²) >= 11 is 7.40. The van der Waals surface area contributed by atoms with Gasteiger partial charge in [0.05, 0.1) is 0 Å². The third-order valence-corrected chi connectivity index (χ3v) is 3.59. The number of halogens is 1. The Kier molecular flexibility index (Phi) is 3.35. The molecule has 0 aliphatic heterocycles. The van der Waals surface area contributed by atoms with Crippen LogP contribution in [0, 0.1) is 0 Å². The summed E-state index contributed by atoms with van der Waals surface area (Å²) in [4.78, 5) is 8.56. The Morgan fingerprint density at radius 1 is 1.26 bits per heavy atom. The zero-order valence-corrected chi connectivity index (χ0v) is 11.7. The molecule has 0 aromatic carbocycles. The number of pyridine rings is 1. The first-order chi connectivity index (χ1) is 9.26. The second-order valence-corrected chi connectivity index (χ2v) is 5.19. The molecular weight excluding hydrogens is 282 g/mol. The monoisotopic (exact) mass is 291 g/mol. The molecule has 96 valence electrons. The molecule has 19 heavy (non-hydrogen) atoms. The highest BCUT2D eigenvalue weighted by atomic mass is 35.5. The SMILES string of the molecule is CCc1nc(Cl)cc(Sc2nnc3ccccn23)n1. The van der Waals surface area contributed by atoms with Crippen LogP contribution in [0.1, 0.15) is 12.7 Å². The number of fused-ring (bicyclic) bond motifs is 1. The molecule has 0 atom stereocenters. The lowest BCUT2D eigenvalue weighted by molar-refractivity contribution is 0.876. The van der Waals surface area contributed by atoms with Crippen molar-refractivity contribution in [3.63, 3.8) is 0 Å². The first-order valence-corrected chi connectivity index (χ1v) is 6.97. The van der Waals surface area contributed by atoms with Gasteiger partial charge in [0.15, 0.2) is 5.65 Å². The molecule has 0 aliphatic carbocycles. The van der Waals surface area contributed by atoms with Gasteiger partial charge in [-0.1, -0.05) is 24.6 Å². The average molecular weight is 292 g/mol. The van der Waals surface area contributed by atoms with Crippen molar-refractivity contribution >= 4 is 29.0 Å². The third-order valence-electron chi connectivity index (χ3n) is 2.51. The molecule has 3 aromatic heterocycles. The van der Waals surface area contributed by atoms with E-state index >= 15 is 0 Å². The number of nitrogens with zero attached hydrogens (tertiary/aromatic N) is 5. The fourth-order valence-electron chi connectivity index (χ4n) is 1.63. The molecule has 0 radical (unpaired) electrons. The van der Waals surface area contributed by atoms with Crippen LogP contribution < -0.4 is 0 Å². The van der Waals surface area contributed by atoms with Gasteiger partial charge in [0.25, 0.3) is 0 Å². The average Bonchev–Trinajstić information content (AvgIpc) is 2.82. The molecule has 0 saturated carbocycles. The molecule has 5 nitrogen and oxygen atoms in total. The summed E-state index contributed by atoms with van der Waals surface area (Å²) in [5.41, 5.74) is 0.806. The van der Waals surface area contributed by atoms with E-state index < -0.39 is 0 Å². The van der Waals surface area contributed by atoms with E-state index in [0.717, 1.165) is 28.1 Å². The van der Waals surface area contributed by atoms with E-state index in [2.05, 4.69) is 20.2 Å². The zero-order valence-electron chi connectivity index (χ0n) is 10.1. The van der Waals surface area contributed by atoms with Crippen molar-refractivity contribution in [3.05, 3.63) is 41.4 Å². The summed E-state index contributed by atoms with van der Waals surface area (Å²) < 4.78 is 1.91. The fourth-order valence-corrected chi connectivity index (χ4v) is 2.74. The van der Waals surface area contributed by atoms with E-state index in [1.54, 1.807) is 6.07 Å². The van der Waals surface area contributed by atoms with E-state index in [-0.39, 0.29) is 0 Å². The summed E-state index contributed by atoms with van der Waals surface area (Å²) in [6.07, 6.45) is 2.66. The van der Waals surface area contributed by atoms with Gasteiger partial charge in [0.2, 0.25) is 5.16 Å². The molecule has 3 aromatic rings. The second kappa shape index (κ2) is 5.14. The minimum Gasteiger partial charge on any atom is -0.277 e.